The summed E-state index contributed by atoms with van der Waals surface area (Å²) in [7, 11) is 0. The van der Waals surface area contributed by atoms with Gasteiger partial charge < -0.3 is 10.8 Å². The molecule has 0 bridgehead atoms. The highest BCUT2D eigenvalue weighted by Crippen LogP contribution is 2.06. The van der Waals surface area contributed by atoms with Gasteiger partial charge in [-0.2, -0.15) is 0 Å². The lowest BCUT2D eigenvalue weighted by Crippen LogP contribution is -2.42. The smallest absolute Gasteiger partial charge is 0.0612 e. The van der Waals surface area contributed by atoms with Gasteiger partial charge in [-0.15, -0.1) is 12.4 Å². The lowest BCUT2D eigenvalue weighted by Gasteiger charge is -2.20. The molecule has 0 aliphatic heterocycles. The van der Waals surface area contributed by atoms with Crippen LogP contribution in [0.1, 0.15) is 12.6 Å². The third kappa shape index (κ3) is 4.22. The molecule has 0 aromatic carbocycles. The van der Waals surface area contributed by atoms with Crippen LogP contribution in [0.25, 0.3) is 0 Å². The minimum atomic E-state index is -0.561. The number of nitrogens with two attached hydrogens (primary N) is 1. The molecule has 1 rings (SSSR count). The van der Waals surface area contributed by atoms with Gasteiger partial charge in [-0.1, -0.05) is 6.07 Å². The van der Waals surface area contributed by atoms with Crippen molar-refractivity contribution >= 4 is 12.4 Å². The van der Waals surface area contributed by atoms with Crippen LogP contribution in [-0.4, -0.2) is 22.2 Å². The standard InChI is InChI=1S/C9H14N2O.ClH/c1-9(10,7-12)6-8-4-2-3-5-11-8;/h2-5,12H,6-7,10H2,1H3;1H/t9-;/m0./s1. The van der Waals surface area contributed by atoms with E-state index < -0.39 is 5.54 Å². The van der Waals surface area contributed by atoms with Gasteiger partial charge in [-0.3, -0.25) is 4.98 Å². The van der Waals surface area contributed by atoms with Crippen molar-refractivity contribution in [2.24, 2.45) is 5.73 Å². The van der Waals surface area contributed by atoms with E-state index in [1.54, 1.807) is 6.20 Å². The number of rotatable bonds is 3. The molecular weight excluding hydrogens is 188 g/mol. The fourth-order valence-electron chi connectivity index (χ4n) is 0.972. The molecular formula is C9H15ClN2O. The highest BCUT2D eigenvalue weighted by Gasteiger charge is 2.17. The molecule has 74 valence electrons. The van der Waals surface area contributed by atoms with Crippen molar-refractivity contribution in [3.63, 3.8) is 0 Å². The number of pyridine rings is 1. The van der Waals surface area contributed by atoms with E-state index >= 15 is 0 Å². The summed E-state index contributed by atoms with van der Waals surface area (Å²) in [5, 5.41) is 8.90. The highest BCUT2D eigenvalue weighted by molar-refractivity contribution is 5.85. The first kappa shape index (κ1) is 12.4. The normalized spacial score (nSPS) is 14.4. The molecule has 0 saturated heterocycles. The summed E-state index contributed by atoms with van der Waals surface area (Å²) < 4.78 is 0. The van der Waals surface area contributed by atoms with Gasteiger partial charge >= 0.3 is 0 Å². The van der Waals surface area contributed by atoms with Crippen molar-refractivity contribution < 1.29 is 5.11 Å². The van der Waals surface area contributed by atoms with E-state index in [4.69, 9.17) is 10.8 Å². The van der Waals surface area contributed by atoms with Crippen molar-refractivity contribution in [3.05, 3.63) is 30.1 Å². The molecule has 0 spiro atoms. The first-order valence-corrected chi connectivity index (χ1v) is 3.94. The van der Waals surface area contributed by atoms with E-state index in [0.717, 1.165) is 5.69 Å². The second-order valence-electron chi connectivity index (χ2n) is 3.31. The maximum absolute atomic E-state index is 8.90. The molecule has 3 nitrogen and oxygen atoms in total. The Morgan fingerprint density at radius 3 is 2.69 bits per heavy atom. The summed E-state index contributed by atoms with van der Waals surface area (Å²) >= 11 is 0. The Labute approximate surface area is 84.4 Å². The average Bonchev–Trinajstić information content (AvgIpc) is 2.06. The van der Waals surface area contributed by atoms with E-state index in [2.05, 4.69) is 4.98 Å². The lowest BCUT2D eigenvalue weighted by molar-refractivity contribution is 0.207. The molecule has 0 aliphatic rings. The van der Waals surface area contributed by atoms with Crippen LogP contribution in [-0.2, 0) is 6.42 Å². The van der Waals surface area contributed by atoms with E-state index in [0.29, 0.717) is 6.42 Å². The fourth-order valence-corrected chi connectivity index (χ4v) is 0.972. The van der Waals surface area contributed by atoms with E-state index in [1.807, 2.05) is 25.1 Å². The third-order valence-electron chi connectivity index (χ3n) is 1.67. The maximum Gasteiger partial charge on any atom is 0.0612 e. The van der Waals surface area contributed by atoms with Crippen LogP contribution >= 0.6 is 12.4 Å². The minimum absolute atomic E-state index is 0. The predicted molar refractivity (Wildman–Crippen MR) is 54.9 cm³/mol. The van der Waals surface area contributed by atoms with Crippen LogP contribution in [0.2, 0.25) is 0 Å². The van der Waals surface area contributed by atoms with Crippen LogP contribution in [0.15, 0.2) is 24.4 Å². The Bertz CT molecular complexity index is 239. The molecule has 4 heteroatoms. The number of halogens is 1. The van der Waals surface area contributed by atoms with Gasteiger partial charge in [0.1, 0.15) is 0 Å². The average molecular weight is 203 g/mol. The molecule has 0 unspecified atom stereocenters. The van der Waals surface area contributed by atoms with Gasteiger partial charge in [0.25, 0.3) is 0 Å². The molecule has 13 heavy (non-hydrogen) atoms. The Morgan fingerprint density at radius 1 is 1.54 bits per heavy atom. The summed E-state index contributed by atoms with van der Waals surface area (Å²) in [6.45, 7) is 1.78. The Kier molecular flexibility index (Phi) is 4.91. The van der Waals surface area contributed by atoms with Crippen molar-refractivity contribution in [2.75, 3.05) is 6.61 Å². The van der Waals surface area contributed by atoms with Crippen molar-refractivity contribution in [1.82, 2.24) is 4.98 Å². The number of hydrogen-bond acceptors (Lipinski definition) is 3. The fraction of sp³-hybridized carbons (Fsp3) is 0.444. The zero-order valence-electron chi connectivity index (χ0n) is 7.60. The maximum atomic E-state index is 8.90. The first-order valence-electron chi connectivity index (χ1n) is 3.94. The van der Waals surface area contributed by atoms with Crippen molar-refractivity contribution in [2.45, 2.75) is 18.9 Å². The molecule has 0 radical (unpaired) electrons. The lowest BCUT2D eigenvalue weighted by atomic mass is 9.98. The Morgan fingerprint density at radius 2 is 2.23 bits per heavy atom. The summed E-state index contributed by atoms with van der Waals surface area (Å²) in [6, 6.07) is 5.67. The molecule has 0 saturated carbocycles. The minimum Gasteiger partial charge on any atom is -0.394 e. The molecule has 0 aliphatic carbocycles. The van der Waals surface area contributed by atoms with Crippen molar-refractivity contribution in [3.8, 4) is 0 Å². The number of aliphatic hydroxyl groups excluding tert-OH is 1. The number of nitrogens with zero attached hydrogens (tertiary/aromatic N) is 1. The van der Waals surface area contributed by atoms with Gasteiger partial charge in [-0.25, -0.2) is 0 Å². The van der Waals surface area contributed by atoms with Crippen LogP contribution < -0.4 is 5.73 Å². The first-order chi connectivity index (χ1) is 5.64. The summed E-state index contributed by atoms with van der Waals surface area (Å²) in [6.07, 6.45) is 2.33. The topological polar surface area (TPSA) is 59.1 Å². The van der Waals surface area contributed by atoms with Crippen LogP contribution in [0.5, 0.6) is 0 Å². The largest absolute Gasteiger partial charge is 0.394 e. The quantitative estimate of drug-likeness (QED) is 0.761. The summed E-state index contributed by atoms with van der Waals surface area (Å²) in [4.78, 5) is 4.12. The predicted octanol–water partition coefficient (Wildman–Crippen LogP) is 0.756. The van der Waals surface area contributed by atoms with Gasteiger partial charge in [0, 0.05) is 23.9 Å². The van der Waals surface area contributed by atoms with Crippen LogP contribution in [0, 0.1) is 0 Å². The molecule has 1 atom stereocenters. The molecule has 1 aromatic heterocycles. The summed E-state index contributed by atoms with van der Waals surface area (Å²) in [5.41, 5.74) is 6.11. The monoisotopic (exact) mass is 202 g/mol. The van der Waals surface area contributed by atoms with Gasteiger partial charge in [0.2, 0.25) is 0 Å². The van der Waals surface area contributed by atoms with Crippen LogP contribution in [0.4, 0.5) is 0 Å². The van der Waals surface area contributed by atoms with Crippen LogP contribution in [0.3, 0.4) is 0 Å². The SMILES string of the molecule is C[C@@](N)(CO)Cc1ccccn1.Cl. The second kappa shape index (κ2) is 5.17. The number of hydrogen-bond donors (Lipinski definition) is 2. The number of aromatic nitrogens is 1. The van der Waals surface area contributed by atoms with Gasteiger partial charge in [-0.05, 0) is 19.1 Å². The molecule has 1 aromatic rings. The summed E-state index contributed by atoms with van der Waals surface area (Å²) in [5.74, 6) is 0. The Balaban J connectivity index is 0.00000144. The third-order valence-corrected chi connectivity index (χ3v) is 1.67. The van der Waals surface area contributed by atoms with E-state index in [9.17, 15) is 0 Å². The highest BCUT2D eigenvalue weighted by atomic mass is 35.5. The Hall–Kier alpha value is -0.640. The molecule has 1 heterocycles. The van der Waals surface area contributed by atoms with Gasteiger partial charge in [0.15, 0.2) is 0 Å². The molecule has 3 N–H and O–H groups in total. The zero-order valence-corrected chi connectivity index (χ0v) is 8.42. The second-order valence-corrected chi connectivity index (χ2v) is 3.31. The number of aliphatic hydroxyl groups is 1. The van der Waals surface area contributed by atoms with Gasteiger partial charge in [0.05, 0.1) is 6.61 Å². The van der Waals surface area contributed by atoms with E-state index in [-0.39, 0.29) is 19.0 Å². The molecule has 0 fully saturated rings. The van der Waals surface area contributed by atoms with Crippen molar-refractivity contribution in [1.29, 1.82) is 0 Å². The molecule has 0 amide bonds. The zero-order chi connectivity index (χ0) is 9.03. The van der Waals surface area contributed by atoms with E-state index in [1.165, 1.54) is 0 Å².